The lowest BCUT2D eigenvalue weighted by Crippen LogP contribution is -2.58. The van der Waals surface area contributed by atoms with Gasteiger partial charge in [-0.2, -0.15) is 0 Å². The summed E-state index contributed by atoms with van der Waals surface area (Å²) in [5.74, 6) is 0.615. The molecule has 5 rings (SSSR count). The standard InChI is InChI=1S/C23H27N3O4/c27-16-11-23(22(30)26(14-16)13-15-5-6-15)7-9-25(10-8-23)21(29)19-12-24-20(28)18-4-2-1-3-17(18)19/h1-4,12,15-16,27H,5-11,13-14H2,(H,24,28). The van der Waals surface area contributed by atoms with E-state index in [1.807, 2.05) is 11.0 Å². The minimum Gasteiger partial charge on any atom is -0.391 e. The molecule has 0 radical (unpaired) electrons. The lowest BCUT2D eigenvalue weighted by atomic mass is 9.70. The monoisotopic (exact) mass is 409 g/mol. The SMILES string of the molecule is O=C(c1c[nH]c(=O)c2ccccc12)N1CCC2(CC1)CC(O)CN(CC1CC1)C2=O. The second kappa shape index (κ2) is 7.23. The third kappa shape index (κ3) is 3.31. The Morgan fingerprint density at radius 3 is 2.53 bits per heavy atom. The number of benzene rings is 1. The highest BCUT2D eigenvalue weighted by Crippen LogP contribution is 2.42. The largest absolute Gasteiger partial charge is 0.391 e. The van der Waals surface area contributed by atoms with Gasteiger partial charge in [0, 0.05) is 43.1 Å². The van der Waals surface area contributed by atoms with Crippen molar-refractivity contribution in [3.8, 4) is 0 Å². The van der Waals surface area contributed by atoms with Crippen LogP contribution in [0.25, 0.3) is 10.8 Å². The predicted octanol–water partition coefficient (Wildman–Crippen LogP) is 1.75. The number of likely N-dealkylation sites (tertiary alicyclic amines) is 2. The van der Waals surface area contributed by atoms with Crippen molar-refractivity contribution < 1.29 is 14.7 Å². The van der Waals surface area contributed by atoms with E-state index >= 15 is 0 Å². The zero-order valence-corrected chi connectivity index (χ0v) is 17.0. The van der Waals surface area contributed by atoms with Gasteiger partial charge in [0.15, 0.2) is 0 Å². The number of rotatable bonds is 3. The molecule has 1 saturated carbocycles. The van der Waals surface area contributed by atoms with Gasteiger partial charge in [-0.1, -0.05) is 18.2 Å². The van der Waals surface area contributed by atoms with E-state index in [1.165, 1.54) is 19.0 Å². The number of aromatic nitrogens is 1. The third-order valence-electron chi connectivity index (χ3n) is 7.02. The van der Waals surface area contributed by atoms with Crippen molar-refractivity contribution in [1.82, 2.24) is 14.8 Å². The lowest BCUT2D eigenvalue weighted by molar-refractivity contribution is -0.156. The number of nitrogens with one attached hydrogen (secondary N) is 1. The molecule has 1 unspecified atom stereocenters. The molecule has 1 aromatic carbocycles. The number of pyridine rings is 1. The molecule has 7 heteroatoms. The number of carbonyl (C=O) groups excluding carboxylic acids is 2. The van der Waals surface area contributed by atoms with E-state index in [2.05, 4.69) is 4.98 Å². The highest BCUT2D eigenvalue weighted by atomic mass is 16.3. The molecule has 2 amide bonds. The number of nitrogens with zero attached hydrogens (tertiary/aromatic N) is 2. The maximum Gasteiger partial charge on any atom is 0.255 e. The highest BCUT2D eigenvalue weighted by molar-refractivity contribution is 6.06. The van der Waals surface area contributed by atoms with Crippen LogP contribution < -0.4 is 5.56 Å². The molecule has 158 valence electrons. The molecule has 7 nitrogen and oxygen atoms in total. The summed E-state index contributed by atoms with van der Waals surface area (Å²) in [5.41, 5.74) is -0.292. The summed E-state index contributed by atoms with van der Waals surface area (Å²) >= 11 is 0. The molecule has 0 bridgehead atoms. The molecule has 3 aliphatic rings. The smallest absolute Gasteiger partial charge is 0.255 e. The highest BCUT2D eigenvalue weighted by Gasteiger charge is 2.49. The molecule has 2 aromatic rings. The third-order valence-corrected chi connectivity index (χ3v) is 7.02. The van der Waals surface area contributed by atoms with Crippen LogP contribution in [0.5, 0.6) is 0 Å². The van der Waals surface area contributed by atoms with Crippen molar-refractivity contribution in [2.24, 2.45) is 11.3 Å². The van der Waals surface area contributed by atoms with Crippen LogP contribution in [0.1, 0.15) is 42.5 Å². The van der Waals surface area contributed by atoms with Crippen LogP contribution in [0.3, 0.4) is 0 Å². The van der Waals surface area contributed by atoms with Crippen molar-refractivity contribution in [3.63, 3.8) is 0 Å². The maximum atomic E-state index is 13.2. The number of aliphatic hydroxyl groups is 1. The molecular formula is C23H27N3O4. The fourth-order valence-electron chi connectivity index (χ4n) is 5.16. The summed E-state index contributed by atoms with van der Waals surface area (Å²) in [6.07, 6.45) is 4.95. The molecule has 3 heterocycles. The molecule has 1 aliphatic carbocycles. The molecule has 3 fully saturated rings. The van der Waals surface area contributed by atoms with Crippen LogP contribution in [0.15, 0.2) is 35.3 Å². The van der Waals surface area contributed by atoms with E-state index in [0.29, 0.717) is 61.2 Å². The predicted molar refractivity (Wildman–Crippen MR) is 112 cm³/mol. The summed E-state index contributed by atoms with van der Waals surface area (Å²) in [5, 5.41) is 11.6. The first-order valence-electron chi connectivity index (χ1n) is 10.8. The first kappa shape index (κ1) is 19.3. The molecular weight excluding hydrogens is 382 g/mol. The number of β-amino-alcohol motifs (C(OH)–C–C–N with tert-alkyl or cyclic N) is 1. The number of amides is 2. The number of aliphatic hydroxyl groups excluding tert-OH is 1. The molecule has 1 spiro atoms. The van der Waals surface area contributed by atoms with Gasteiger partial charge < -0.3 is 19.9 Å². The Morgan fingerprint density at radius 2 is 1.83 bits per heavy atom. The Labute approximate surface area is 174 Å². The van der Waals surface area contributed by atoms with Gasteiger partial charge in [-0.25, -0.2) is 0 Å². The minimum absolute atomic E-state index is 0.129. The Morgan fingerprint density at radius 1 is 1.13 bits per heavy atom. The lowest BCUT2D eigenvalue weighted by Gasteiger charge is -2.48. The van der Waals surface area contributed by atoms with E-state index in [-0.39, 0.29) is 17.4 Å². The molecule has 1 aromatic heterocycles. The fraction of sp³-hybridized carbons (Fsp3) is 0.522. The van der Waals surface area contributed by atoms with Gasteiger partial charge in [0.2, 0.25) is 5.91 Å². The van der Waals surface area contributed by atoms with Gasteiger partial charge in [-0.3, -0.25) is 14.4 Å². The van der Waals surface area contributed by atoms with Crippen molar-refractivity contribution >= 4 is 22.6 Å². The Hall–Kier alpha value is -2.67. The number of H-pyrrole nitrogens is 1. The number of piperidine rings is 2. The van der Waals surface area contributed by atoms with Crippen LogP contribution >= 0.6 is 0 Å². The van der Waals surface area contributed by atoms with Crippen LogP contribution in [0.2, 0.25) is 0 Å². The topological polar surface area (TPSA) is 93.7 Å². The van der Waals surface area contributed by atoms with E-state index in [9.17, 15) is 19.5 Å². The second-order valence-electron chi connectivity index (χ2n) is 9.16. The number of hydrogen-bond donors (Lipinski definition) is 2. The summed E-state index contributed by atoms with van der Waals surface area (Å²) in [6.45, 7) is 2.14. The molecule has 2 N–H and O–H groups in total. The zero-order chi connectivity index (χ0) is 20.9. The Balaban J connectivity index is 1.34. The van der Waals surface area contributed by atoms with Gasteiger partial charge >= 0.3 is 0 Å². The Kier molecular flexibility index (Phi) is 4.65. The zero-order valence-electron chi connectivity index (χ0n) is 17.0. The van der Waals surface area contributed by atoms with Gasteiger partial charge in [0.05, 0.1) is 17.1 Å². The van der Waals surface area contributed by atoms with Crippen molar-refractivity contribution in [1.29, 1.82) is 0 Å². The normalized spacial score (nSPS) is 23.9. The van der Waals surface area contributed by atoms with Crippen LogP contribution in [0.4, 0.5) is 0 Å². The fourth-order valence-corrected chi connectivity index (χ4v) is 5.16. The number of hydrogen-bond acceptors (Lipinski definition) is 4. The van der Waals surface area contributed by atoms with E-state index in [4.69, 9.17) is 0 Å². The summed E-state index contributed by atoms with van der Waals surface area (Å²) in [7, 11) is 0. The Bertz CT molecular complexity index is 1050. The second-order valence-corrected chi connectivity index (χ2v) is 9.16. The molecule has 2 aliphatic heterocycles. The average Bonchev–Trinajstić information content (AvgIpc) is 3.56. The van der Waals surface area contributed by atoms with E-state index in [1.54, 1.807) is 23.1 Å². The van der Waals surface area contributed by atoms with Crippen molar-refractivity contribution in [2.45, 2.75) is 38.2 Å². The minimum atomic E-state index is -0.559. The summed E-state index contributed by atoms with van der Waals surface area (Å²) < 4.78 is 0. The number of aromatic amines is 1. The number of fused-ring (bicyclic) bond motifs is 1. The first-order valence-corrected chi connectivity index (χ1v) is 10.8. The van der Waals surface area contributed by atoms with Gasteiger partial charge in [0.25, 0.3) is 11.5 Å². The summed E-state index contributed by atoms with van der Waals surface area (Å²) in [6, 6.07) is 7.11. The van der Waals surface area contributed by atoms with Gasteiger partial charge in [-0.05, 0) is 44.1 Å². The van der Waals surface area contributed by atoms with Crippen molar-refractivity contribution in [2.75, 3.05) is 26.2 Å². The van der Waals surface area contributed by atoms with Gasteiger partial charge in [0.1, 0.15) is 0 Å². The quantitative estimate of drug-likeness (QED) is 0.808. The van der Waals surface area contributed by atoms with Crippen LogP contribution in [-0.2, 0) is 4.79 Å². The summed E-state index contributed by atoms with van der Waals surface area (Å²) in [4.78, 5) is 44.8. The van der Waals surface area contributed by atoms with Crippen LogP contribution in [0, 0.1) is 11.3 Å². The molecule has 2 saturated heterocycles. The maximum absolute atomic E-state index is 13.2. The molecule has 30 heavy (non-hydrogen) atoms. The van der Waals surface area contributed by atoms with Gasteiger partial charge in [-0.15, -0.1) is 0 Å². The average molecular weight is 409 g/mol. The van der Waals surface area contributed by atoms with E-state index in [0.717, 1.165) is 6.54 Å². The number of carbonyl (C=O) groups is 2. The van der Waals surface area contributed by atoms with E-state index < -0.39 is 11.5 Å². The first-order chi connectivity index (χ1) is 14.5. The molecule has 1 atom stereocenters. The van der Waals surface area contributed by atoms with Crippen molar-refractivity contribution in [3.05, 3.63) is 46.4 Å². The van der Waals surface area contributed by atoms with Crippen LogP contribution in [-0.4, -0.2) is 64.0 Å².